The quantitative estimate of drug-likeness (QED) is 0.749. The molecule has 0 spiro atoms. The first kappa shape index (κ1) is 13.0. The molecule has 8 heteroatoms. The van der Waals surface area contributed by atoms with E-state index in [-0.39, 0.29) is 5.91 Å². The van der Waals surface area contributed by atoms with Crippen molar-refractivity contribution >= 4 is 11.7 Å². The maximum atomic E-state index is 12.1. The summed E-state index contributed by atoms with van der Waals surface area (Å²) in [5.41, 5.74) is 1.41. The Bertz CT molecular complexity index is 730. The van der Waals surface area contributed by atoms with Crippen LogP contribution in [0.3, 0.4) is 0 Å². The summed E-state index contributed by atoms with van der Waals surface area (Å²) >= 11 is 0. The molecule has 21 heavy (non-hydrogen) atoms. The average molecular weight is 283 g/mol. The SMILES string of the molecule is CCc1cn[nH]c1NC(=O)c1ccc(-n2cncn2)nc1. The van der Waals surface area contributed by atoms with E-state index in [1.54, 1.807) is 24.7 Å². The maximum Gasteiger partial charge on any atom is 0.258 e. The number of hydrogen-bond acceptors (Lipinski definition) is 5. The fourth-order valence-corrected chi connectivity index (χ4v) is 1.86. The van der Waals surface area contributed by atoms with Gasteiger partial charge in [0.15, 0.2) is 5.82 Å². The Hall–Kier alpha value is -3.03. The van der Waals surface area contributed by atoms with E-state index in [0.717, 1.165) is 12.0 Å². The number of hydrogen-bond donors (Lipinski definition) is 2. The van der Waals surface area contributed by atoms with E-state index in [1.807, 2.05) is 6.92 Å². The summed E-state index contributed by atoms with van der Waals surface area (Å²) in [4.78, 5) is 20.2. The van der Waals surface area contributed by atoms with Crippen LogP contribution < -0.4 is 5.32 Å². The molecule has 0 aliphatic heterocycles. The molecule has 3 heterocycles. The summed E-state index contributed by atoms with van der Waals surface area (Å²) in [7, 11) is 0. The number of aryl methyl sites for hydroxylation is 1. The van der Waals surface area contributed by atoms with Crippen molar-refractivity contribution in [1.29, 1.82) is 0 Å². The zero-order chi connectivity index (χ0) is 14.7. The Morgan fingerprint density at radius 3 is 2.95 bits per heavy atom. The Morgan fingerprint density at radius 1 is 1.38 bits per heavy atom. The van der Waals surface area contributed by atoms with Gasteiger partial charge in [-0.15, -0.1) is 0 Å². The summed E-state index contributed by atoms with van der Waals surface area (Å²) < 4.78 is 1.52. The van der Waals surface area contributed by atoms with E-state index in [0.29, 0.717) is 17.2 Å². The number of pyridine rings is 1. The van der Waals surface area contributed by atoms with E-state index in [4.69, 9.17) is 0 Å². The third-order valence-corrected chi connectivity index (χ3v) is 3.00. The molecule has 0 unspecified atom stereocenters. The Kier molecular flexibility index (Phi) is 3.42. The van der Waals surface area contributed by atoms with Gasteiger partial charge in [-0.05, 0) is 18.6 Å². The first-order valence-corrected chi connectivity index (χ1v) is 6.42. The molecule has 2 N–H and O–H groups in total. The van der Waals surface area contributed by atoms with Crippen molar-refractivity contribution in [1.82, 2.24) is 29.9 Å². The van der Waals surface area contributed by atoms with Gasteiger partial charge >= 0.3 is 0 Å². The van der Waals surface area contributed by atoms with Crippen molar-refractivity contribution in [2.75, 3.05) is 5.32 Å². The number of rotatable bonds is 4. The van der Waals surface area contributed by atoms with E-state index >= 15 is 0 Å². The van der Waals surface area contributed by atoms with Crippen LogP contribution in [0.4, 0.5) is 5.82 Å². The van der Waals surface area contributed by atoms with Crippen LogP contribution in [0, 0.1) is 0 Å². The smallest absolute Gasteiger partial charge is 0.258 e. The monoisotopic (exact) mass is 283 g/mol. The summed E-state index contributed by atoms with van der Waals surface area (Å²) in [5, 5.41) is 13.4. The second-order valence-corrected chi connectivity index (χ2v) is 4.32. The van der Waals surface area contributed by atoms with Gasteiger partial charge < -0.3 is 5.32 Å². The van der Waals surface area contributed by atoms with Gasteiger partial charge in [0.1, 0.15) is 18.5 Å². The van der Waals surface area contributed by atoms with E-state index in [9.17, 15) is 4.79 Å². The van der Waals surface area contributed by atoms with Crippen LogP contribution in [0.15, 0.2) is 37.2 Å². The standard InChI is InChI=1S/C13H13N7O/c1-2-9-6-16-19-12(9)18-13(21)10-3-4-11(15-5-10)20-8-14-7-17-20/h3-8H,2H2,1H3,(H2,16,18,19,21). The zero-order valence-corrected chi connectivity index (χ0v) is 11.3. The first-order chi connectivity index (χ1) is 10.3. The zero-order valence-electron chi connectivity index (χ0n) is 11.3. The highest BCUT2D eigenvalue weighted by Crippen LogP contribution is 2.13. The number of H-pyrrole nitrogens is 1. The van der Waals surface area contributed by atoms with Crippen molar-refractivity contribution in [3.05, 3.63) is 48.3 Å². The molecule has 8 nitrogen and oxygen atoms in total. The third kappa shape index (κ3) is 2.64. The van der Waals surface area contributed by atoms with Gasteiger partial charge in [-0.2, -0.15) is 10.2 Å². The predicted octanol–water partition coefficient (Wildman–Crippen LogP) is 1.20. The van der Waals surface area contributed by atoms with E-state index < -0.39 is 0 Å². The lowest BCUT2D eigenvalue weighted by Gasteiger charge is -2.05. The number of aromatic nitrogens is 6. The minimum Gasteiger partial charge on any atom is -0.307 e. The van der Waals surface area contributed by atoms with Gasteiger partial charge in [0.05, 0.1) is 11.8 Å². The molecule has 106 valence electrons. The van der Waals surface area contributed by atoms with Crippen LogP contribution in [-0.4, -0.2) is 35.9 Å². The first-order valence-electron chi connectivity index (χ1n) is 6.42. The molecule has 0 saturated carbocycles. The molecule has 0 aromatic carbocycles. The molecule has 1 amide bonds. The molecule has 3 aromatic heterocycles. The average Bonchev–Trinajstić information content (AvgIpc) is 3.18. The Morgan fingerprint density at radius 2 is 2.29 bits per heavy atom. The normalized spacial score (nSPS) is 10.5. The van der Waals surface area contributed by atoms with Gasteiger partial charge in [-0.1, -0.05) is 6.92 Å². The number of carbonyl (C=O) groups excluding carboxylic acids is 1. The van der Waals surface area contributed by atoms with Gasteiger partial charge in [0.2, 0.25) is 0 Å². The number of nitrogens with zero attached hydrogens (tertiary/aromatic N) is 5. The third-order valence-electron chi connectivity index (χ3n) is 3.00. The largest absolute Gasteiger partial charge is 0.307 e. The van der Waals surface area contributed by atoms with Gasteiger partial charge in [0, 0.05) is 11.8 Å². The molecule has 0 fully saturated rings. The van der Waals surface area contributed by atoms with Crippen molar-refractivity contribution in [3.63, 3.8) is 0 Å². The molecule has 3 rings (SSSR count). The number of carbonyl (C=O) groups is 1. The number of nitrogens with one attached hydrogen (secondary N) is 2. The summed E-state index contributed by atoms with van der Waals surface area (Å²) in [6.45, 7) is 2.00. The molecule has 0 saturated heterocycles. The minimum atomic E-state index is -0.244. The lowest BCUT2D eigenvalue weighted by atomic mass is 10.2. The van der Waals surface area contributed by atoms with Crippen molar-refractivity contribution in [2.45, 2.75) is 13.3 Å². The van der Waals surface area contributed by atoms with Gasteiger partial charge in [0.25, 0.3) is 5.91 Å². The topological polar surface area (TPSA) is 101 Å². The van der Waals surface area contributed by atoms with Crippen LogP contribution >= 0.6 is 0 Å². The van der Waals surface area contributed by atoms with Crippen LogP contribution in [0.1, 0.15) is 22.8 Å². The lowest BCUT2D eigenvalue weighted by molar-refractivity contribution is 0.102. The molecule has 0 bridgehead atoms. The van der Waals surface area contributed by atoms with E-state index in [2.05, 4.69) is 30.6 Å². The maximum absolute atomic E-state index is 12.1. The minimum absolute atomic E-state index is 0.244. The molecule has 0 atom stereocenters. The van der Waals surface area contributed by atoms with Crippen LogP contribution in [-0.2, 0) is 6.42 Å². The lowest BCUT2D eigenvalue weighted by Crippen LogP contribution is -2.14. The Labute approximate surface area is 120 Å². The Balaban J connectivity index is 1.76. The highest BCUT2D eigenvalue weighted by molar-refractivity contribution is 6.03. The number of anilines is 1. The van der Waals surface area contributed by atoms with Gasteiger partial charge in [-0.3, -0.25) is 9.89 Å². The highest BCUT2D eigenvalue weighted by Gasteiger charge is 2.11. The predicted molar refractivity (Wildman–Crippen MR) is 75.1 cm³/mol. The molecule has 0 aliphatic rings. The van der Waals surface area contributed by atoms with E-state index in [1.165, 1.54) is 17.2 Å². The summed E-state index contributed by atoms with van der Waals surface area (Å²) in [6, 6.07) is 3.39. The number of aromatic amines is 1. The highest BCUT2D eigenvalue weighted by atomic mass is 16.1. The molecule has 0 radical (unpaired) electrons. The van der Waals surface area contributed by atoms with Crippen LogP contribution in [0.25, 0.3) is 5.82 Å². The summed E-state index contributed by atoms with van der Waals surface area (Å²) in [6.07, 6.45) is 6.94. The number of amides is 1. The fourth-order valence-electron chi connectivity index (χ4n) is 1.86. The van der Waals surface area contributed by atoms with Crippen LogP contribution in [0.5, 0.6) is 0 Å². The van der Waals surface area contributed by atoms with Crippen molar-refractivity contribution in [3.8, 4) is 5.82 Å². The molecule has 3 aromatic rings. The van der Waals surface area contributed by atoms with Crippen LogP contribution in [0.2, 0.25) is 0 Å². The molecular formula is C13H13N7O. The van der Waals surface area contributed by atoms with Crippen molar-refractivity contribution < 1.29 is 4.79 Å². The second kappa shape index (κ2) is 5.53. The molecule has 0 aliphatic carbocycles. The molecular weight excluding hydrogens is 270 g/mol. The van der Waals surface area contributed by atoms with Gasteiger partial charge in [-0.25, -0.2) is 14.6 Å². The fraction of sp³-hybridized carbons (Fsp3) is 0.154. The summed E-state index contributed by atoms with van der Waals surface area (Å²) in [5.74, 6) is 0.967. The second-order valence-electron chi connectivity index (χ2n) is 4.32. The van der Waals surface area contributed by atoms with Crippen molar-refractivity contribution in [2.24, 2.45) is 0 Å².